The lowest BCUT2D eigenvalue weighted by molar-refractivity contribution is -0.274. The second-order valence-electron chi connectivity index (χ2n) is 3.05. The minimum Gasteiger partial charge on any atom is -0.406 e. The number of alkyl halides is 3. The summed E-state index contributed by atoms with van der Waals surface area (Å²) in [5.74, 6) is -0.391. The maximum absolute atomic E-state index is 12.1. The largest absolute Gasteiger partial charge is 0.573 e. The number of nitriles is 1. The zero-order valence-electron chi connectivity index (χ0n) is 9.45. The van der Waals surface area contributed by atoms with E-state index in [1.54, 1.807) is 12.4 Å². The zero-order chi connectivity index (χ0) is 14.5. The number of hydrogen-bond donors (Lipinski definition) is 1. The molecule has 0 fully saturated rings. The Morgan fingerprint density at radius 2 is 2.16 bits per heavy atom. The van der Waals surface area contributed by atoms with Crippen LogP contribution in [0.25, 0.3) is 0 Å². The van der Waals surface area contributed by atoms with Crippen LogP contribution in [-0.2, 0) is 0 Å². The average Bonchev–Trinajstić information content (AvgIpc) is 2.25. The first kappa shape index (κ1) is 15.7. The van der Waals surface area contributed by atoms with Gasteiger partial charge in [-0.05, 0) is 18.4 Å². The Bertz CT molecular complexity index is 528. The summed E-state index contributed by atoms with van der Waals surface area (Å²) in [6, 6.07) is 3.79. The highest BCUT2D eigenvalue weighted by molar-refractivity contribution is 9.10. The third-order valence-corrected chi connectivity index (χ3v) is 2.71. The molecule has 4 nitrogen and oxygen atoms in total. The van der Waals surface area contributed by atoms with E-state index in [0.29, 0.717) is 4.47 Å². The van der Waals surface area contributed by atoms with Crippen LogP contribution in [0.2, 0.25) is 0 Å². The molecule has 0 saturated heterocycles. The van der Waals surface area contributed by atoms with E-state index in [4.69, 9.17) is 5.26 Å². The minimum absolute atomic E-state index is 0.223. The molecule has 0 radical (unpaired) electrons. The van der Waals surface area contributed by atoms with Gasteiger partial charge in [-0.2, -0.15) is 5.26 Å². The van der Waals surface area contributed by atoms with Gasteiger partial charge in [0.1, 0.15) is 5.75 Å². The number of rotatable bonds is 2. The molecule has 0 spiro atoms. The van der Waals surface area contributed by atoms with Gasteiger partial charge >= 0.3 is 6.36 Å². The number of aliphatic imine (C=N–C) groups is 1. The number of ether oxygens (including phenoxy) is 1. The van der Waals surface area contributed by atoms with Crippen molar-refractivity contribution in [1.29, 1.82) is 5.26 Å². The standard InChI is InChI=1S/C10H7BrF3N3OS/c1-19-9(16-5-15)17-7-2-6(11)3-8(4-7)18-10(12,13)14/h2-4H,1H3,(H,16,17). The fraction of sp³-hybridized carbons (Fsp3) is 0.200. The molecule has 1 aromatic carbocycles. The molecule has 0 atom stereocenters. The normalized spacial score (nSPS) is 11.9. The van der Waals surface area contributed by atoms with Crippen molar-refractivity contribution in [3.63, 3.8) is 0 Å². The Morgan fingerprint density at radius 3 is 2.68 bits per heavy atom. The maximum Gasteiger partial charge on any atom is 0.573 e. The van der Waals surface area contributed by atoms with Crippen LogP contribution in [0.5, 0.6) is 5.75 Å². The van der Waals surface area contributed by atoms with Gasteiger partial charge in [0.2, 0.25) is 0 Å². The van der Waals surface area contributed by atoms with Crippen LogP contribution in [0.4, 0.5) is 18.9 Å². The Labute approximate surface area is 119 Å². The molecule has 0 aromatic heterocycles. The number of halogens is 4. The van der Waals surface area contributed by atoms with Gasteiger partial charge in [0, 0.05) is 10.5 Å². The molecule has 9 heteroatoms. The maximum atomic E-state index is 12.1. The Kier molecular flexibility index (Phi) is 5.50. The molecule has 1 aromatic rings. The number of benzene rings is 1. The lowest BCUT2D eigenvalue weighted by Crippen LogP contribution is -2.17. The summed E-state index contributed by atoms with van der Waals surface area (Å²) >= 11 is 4.21. The van der Waals surface area contributed by atoms with E-state index in [2.05, 4.69) is 31.0 Å². The van der Waals surface area contributed by atoms with Gasteiger partial charge < -0.3 is 4.74 Å². The van der Waals surface area contributed by atoms with Crippen molar-refractivity contribution in [2.75, 3.05) is 6.26 Å². The predicted octanol–water partition coefficient (Wildman–Crippen LogP) is 3.77. The highest BCUT2D eigenvalue weighted by atomic mass is 79.9. The Hall–Kier alpha value is -1.40. The van der Waals surface area contributed by atoms with Gasteiger partial charge in [0.15, 0.2) is 11.4 Å². The third kappa shape index (κ3) is 5.85. The number of hydrogen-bond acceptors (Lipinski definition) is 4. The van der Waals surface area contributed by atoms with E-state index >= 15 is 0 Å². The quantitative estimate of drug-likeness (QED) is 0.380. The summed E-state index contributed by atoms with van der Waals surface area (Å²) in [5, 5.41) is 11.0. The lowest BCUT2D eigenvalue weighted by atomic mass is 10.3. The van der Waals surface area contributed by atoms with Gasteiger partial charge in [-0.3, -0.25) is 5.32 Å². The van der Waals surface area contributed by atoms with Crippen molar-refractivity contribution in [2.24, 2.45) is 4.99 Å². The predicted molar refractivity (Wildman–Crippen MR) is 70.2 cm³/mol. The molecule has 102 valence electrons. The second-order valence-corrected chi connectivity index (χ2v) is 4.76. The zero-order valence-corrected chi connectivity index (χ0v) is 11.9. The molecule has 0 aliphatic heterocycles. The van der Waals surface area contributed by atoms with E-state index in [9.17, 15) is 13.2 Å². The lowest BCUT2D eigenvalue weighted by Gasteiger charge is -2.10. The number of thioether (sulfide) groups is 1. The summed E-state index contributed by atoms with van der Waals surface area (Å²) in [4.78, 5) is 3.99. The summed E-state index contributed by atoms with van der Waals surface area (Å²) in [7, 11) is 0. The molecular weight excluding hydrogens is 347 g/mol. The minimum atomic E-state index is -4.77. The van der Waals surface area contributed by atoms with Crippen LogP contribution in [0, 0.1) is 11.5 Å². The first-order valence-corrected chi connectivity index (χ1v) is 6.70. The van der Waals surface area contributed by atoms with Crippen molar-refractivity contribution in [3.05, 3.63) is 22.7 Å². The molecule has 1 rings (SSSR count). The van der Waals surface area contributed by atoms with Crippen LogP contribution in [-0.4, -0.2) is 17.8 Å². The summed E-state index contributed by atoms with van der Waals surface area (Å²) in [6.45, 7) is 0. The van der Waals surface area contributed by atoms with Gasteiger partial charge in [0.25, 0.3) is 0 Å². The number of nitrogens with zero attached hydrogens (tertiary/aromatic N) is 2. The van der Waals surface area contributed by atoms with Gasteiger partial charge in [-0.15, -0.1) is 13.2 Å². The molecule has 0 unspecified atom stereocenters. The third-order valence-electron chi connectivity index (χ3n) is 1.68. The fourth-order valence-corrected chi connectivity index (χ4v) is 1.90. The molecule has 0 aliphatic rings. The van der Waals surface area contributed by atoms with Crippen LogP contribution >= 0.6 is 27.7 Å². The van der Waals surface area contributed by atoms with E-state index in [0.717, 1.165) is 17.8 Å². The van der Waals surface area contributed by atoms with Crippen molar-refractivity contribution in [3.8, 4) is 11.9 Å². The fourth-order valence-electron chi connectivity index (χ4n) is 1.09. The summed E-state index contributed by atoms with van der Waals surface area (Å²) in [6.07, 6.45) is -1.41. The molecule has 0 heterocycles. The van der Waals surface area contributed by atoms with Gasteiger partial charge in [-0.25, -0.2) is 4.99 Å². The monoisotopic (exact) mass is 353 g/mol. The van der Waals surface area contributed by atoms with Crippen LogP contribution in [0.15, 0.2) is 27.7 Å². The SMILES string of the molecule is CSC(=Nc1cc(Br)cc(OC(F)(F)F)c1)NC#N. The van der Waals surface area contributed by atoms with Crippen molar-refractivity contribution in [2.45, 2.75) is 6.36 Å². The van der Waals surface area contributed by atoms with Crippen molar-refractivity contribution >= 4 is 38.5 Å². The molecule has 1 N–H and O–H groups in total. The molecule has 0 saturated carbocycles. The highest BCUT2D eigenvalue weighted by Gasteiger charge is 2.31. The van der Waals surface area contributed by atoms with E-state index in [1.165, 1.54) is 12.1 Å². The molecule has 0 aliphatic carbocycles. The first-order chi connectivity index (χ1) is 8.84. The molecule has 0 amide bonds. The number of nitrogens with one attached hydrogen (secondary N) is 1. The second kappa shape index (κ2) is 6.68. The van der Waals surface area contributed by atoms with Gasteiger partial charge in [0.05, 0.1) is 5.69 Å². The van der Waals surface area contributed by atoms with Gasteiger partial charge in [-0.1, -0.05) is 27.7 Å². The smallest absolute Gasteiger partial charge is 0.406 e. The Balaban J connectivity index is 3.06. The highest BCUT2D eigenvalue weighted by Crippen LogP contribution is 2.30. The Morgan fingerprint density at radius 1 is 1.47 bits per heavy atom. The molecule has 0 bridgehead atoms. The van der Waals surface area contributed by atoms with E-state index in [-0.39, 0.29) is 10.9 Å². The number of amidine groups is 1. The van der Waals surface area contributed by atoms with E-state index < -0.39 is 12.1 Å². The van der Waals surface area contributed by atoms with Crippen LogP contribution in [0.1, 0.15) is 0 Å². The van der Waals surface area contributed by atoms with Crippen molar-refractivity contribution < 1.29 is 17.9 Å². The van der Waals surface area contributed by atoms with E-state index in [1.807, 2.05) is 0 Å². The van der Waals surface area contributed by atoms with Crippen LogP contribution < -0.4 is 10.1 Å². The van der Waals surface area contributed by atoms with Crippen molar-refractivity contribution in [1.82, 2.24) is 5.32 Å². The average molecular weight is 354 g/mol. The first-order valence-electron chi connectivity index (χ1n) is 4.68. The topological polar surface area (TPSA) is 57.4 Å². The molecular formula is C10H7BrF3N3OS. The van der Waals surface area contributed by atoms with Crippen LogP contribution in [0.3, 0.4) is 0 Å². The molecule has 19 heavy (non-hydrogen) atoms. The summed E-state index contributed by atoms with van der Waals surface area (Å²) in [5.41, 5.74) is 0.223. The summed E-state index contributed by atoms with van der Waals surface area (Å²) < 4.78 is 40.6.